The first-order chi connectivity index (χ1) is 13.3. The number of pyridine rings is 1. The maximum absolute atomic E-state index is 6.04. The molecule has 0 aliphatic heterocycles. The summed E-state index contributed by atoms with van der Waals surface area (Å²) >= 11 is 0. The number of nitrogens with two attached hydrogens (primary N) is 1. The monoisotopic (exact) mass is 357 g/mol. The number of benzene rings is 2. The molecule has 0 unspecified atom stereocenters. The molecule has 27 heavy (non-hydrogen) atoms. The number of nitrogens with zero attached hydrogens (tertiary/aromatic N) is 1. The highest BCUT2D eigenvalue weighted by Crippen LogP contribution is 2.34. The number of para-hydroxylation sites is 1. The molecule has 4 heteroatoms. The molecule has 0 saturated carbocycles. The fourth-order valence-electron chi connectivity index (χ4n) is 3.39. The van der Waals surface area contributed by atoms with Gasteiger partial charge in [-0.25, -0.2) is 0 Å². The Kier molecular flexibility index (Phi) is 5.17. The normalized spacial score (nSPS) is 11.0. The molecule has 0 amide bonds. The van der Waals surface area contributed by atoms with Crippen molar-refractivity contribution in [2.75, 3.05) is 6.54 Å². The van der Waals surface area contributed by atoms with Crippen LogP contribution in [-0.2, 0) is 6.42 Å². The third-order valence-corrected chi connectivity index (χ3v) is 4.71. The number of hydrogen-bond acceptors (Lipinski definition) is 3. The van der Waals surface area contributed by atoms with Crippen molar-refractivity contribution in [2.24, 2.45) is 5.73 Å². The quantitative estimate of drug-likeness (QED) is 0.441. The van der Waals surface area contributed by atoms with E-state index in [1.807, 2.05) is 60.9 Å². The number of aryl methyl sites for hydroxylation is 1. The Bertz CT molecular complexity index is 1010. The number of nitrogens with one attached hydrogen (secondary N) is 1. The lowest BCUT2D eigenvalue weighted by Gasteiger charge is -2.07. The number of hydrogen-bond donors (Lipinski definition) is 2. The van der Waals surface area contributed by atoms with Crippen molar-refractivity contribution < 1.29 is 4.74 Å². The zero-order valence-electron chi connectivity index (χ0n) is 15.2. The van der Waals surface area contributed by atoms with Gasteiger partial charge in [0.25, 0.3) is 0 Å². The summed E-state index contributed by atoms with van der Waals surface area (Å²) in [6.45, 7) is 0.718. The van der Waals surface area contributed by atoms with E-state index < -0.39 is 0 Å². The molecular formula is C23H23N3O. The fraction of sp³-hybridized carbons (Fsp3) is 0.174. The molecule has 0 aliphatic rings. The van der Waals surface area contributed by atoms with Crippen LogP contribution in [0.15, 0.2) is 73.1 Å². The molecule has 0 aliphatic carbocycles. The first-order valence-electron chi connectivity index (χ1n) is 9.33. The highest BCUT2D eigenvalue weighted by molar-refractivity contribution is 5.91. The van der Waals surface area contributed by atoms with Crippen LogP contribution in [-0.4, -0.2) is 16.5 Å². The summed E-state index contributed by atoms with van der Waals surface area (Å²) in [5, 5.41) is 1.20. The highest BCUT2D eigenvalue weighted by Gasteiger charge is 2.14. The van der Waals surface area contributed by atoms with Gasteiger partial charge in [0.15, 0.2) is 0 Å². The van der Waals surface area contributed by atoms with Crippen LogP contribution in [0, 0.1) is 0 Å². The van der Waals surface area contributed by atoms with Crippen LogP contribution in [0.4, 0.5) is 0 Å². The summed E-state index contributed by atoms with van der Waals surface area (Å²) in [4.78, 5) is 7.72. The molecule has 3 N–H and O–H groups in total. The molecule has 0 spiro atoms. The van der Waals surface area contributed by atoms with Gasteiger partial charge in [-0.2, -0.15) is 0 Å². The Balaban J connectivity index is 1.75. The molecule has 0 atom stereocenters. The molecule has 0 fully saturated rings. The number of aromatic nitrogens is 2. The zero-order chi connectivity index (χ0) is 18.5. The van der Waals surface area contributed by atoms with Gasteiger partial charge in [-0.1, -0.05) is 18.2 Å². The molecule has 0 radical (unpaired) electrons. The van der Waals surface area contributed by atoms with Gasteiger partial charge in [0, 0.05) is 34.6 Å². The Hall–Kier alpha value is -3.11. The minimum Gasteiger partial charge on any atom is -0.457 e. The highest BCUT2D eigenvalue weighted by atomic mass is 16.5. The maximum atomic E-state index is 6.04. The summed E-state index contributed by atoms with van der Waals surface area (Å²) < 4.78 is 6.04. The van der Waals surface area contributed by atoms with Crippen molar-refractivity contribution >= 4 is 10.9 Å². The number of fused-ring (bicyclic) bond motifs is 1. The SMILES string of the molecule is NCCCCc1c(-c2ccncc2)[nH]c2ccc(Oc3ccccc3)cc12. The molecule has 2 aromatic heterocycles. The van der Waals surface area contributed by atoms with Gasteiger partial charge >= 0.3 is 0 Å². The maximum Gasteiger partial charge on any atom is 0.128 e. The number of unbranched alkanes of at least 4 members (excludes halogenated alkanes) is 1. The Morgan fingerprint density at radius 3 is 2.48 bits per heavy atom. The number of H-pyrrole nitrogens is 1. The lowest BCUT2D eigenvalue weighted by Crippen LogP contribution is -1.99. The molecule has 2 heterocycles. The summed E-state index contributed by atoms with van der Waals surface area (Å²) in [7, 11) is 0. The second kappa shape index (κ2) is 8.06. The predicted octanol–water partition coefficient (Wildman–Crippen LogP) is 5.30. The van der Waals surface area contributed by atoms with Crippen molar-refractivity contribution in [3.8, 4) is 22.8 Å². The van der Waals surface area contributed by atoms with Gasteiger partial charge in [0.2, 0.25) is 0 Å². The van der Waals surface area contributed by atoms with Gasteiger partial charge < -0.3 is 15.5 Å². The van der Waals surface area contributed by atoms with Gasteiger partial charge in [0.05, 0.1) is 0 Å². The largest absolute Gasteiger partial charge is 0.457 e. The van der Waals surface area contributed by atoms with Gasteiger partial charge in [-0.3, -0.25) is 4.98 Å². The van der Waals surface area contributed by atoms with Crippen molar-refractivity contribution in [1.29, 1.82) is 0 Å². The molecule has 0 saturated heterocycles. The molecule has 136 valence electrons. The van der Waals surface area contributed by atoms with Crippen LogP contribution < -0.4 is 10.5 Å². The van der Waals surface area contributed by atoms with Crippen molar-refractivity contribution in [1.82, 2.24) is 9.97 Å². The standard InChI is InChI=1S/C23H23N3O/c24-13-5-4-8-20-21-16-19(27-18-6-2-1-3-7-18)9-10-22(21)26-23(20)17-11-14-25-15-12-17/h1-3,6-7,9-12,14-16,26H,4-5,8,13,24H2. The smallest absolute Gasteiger partial charge is 0.128 e. The predicted molar refractivity (Wildman–Crippen MR) is 110 cm³/mol. The van der Waals surface area contributed by atoms with E-state index in [2.05, 4.69) is 22.1 Å². The average Bonchev–Trinajstić information content (AvgIpc) is 3.08. The fourth-order valence-corrected chi connectivity index (χ4v) is 3.39. The summed E-state index contributed by atoms with van der Waals surface area (Å²) in [6, 6.07) is 20.2. The minimum absolute atomic E-state index is 0.718. The number of ether oxygens (including phenoxy) is 1. The number of aromatic amines is 1. The minimum atomic E-state index is 0.718. The topological polar surface area (TPSA) is 63.9 Å². The van der Waals surface area contributed by atoms with Crippen molar-refractivity contribution in [2.45, 2.75) is 19.3 Å². The van der Waals surface area contributed by atoms with Gasteiger partial charge in [-0.05, 0) is 73.8 Å². The van der Waals surface area contributed by atoms with Crippen LogP contribution >= 0.6 is 0 Å². The van der Waals surface area contributed by atoms with Crippen LogP contribution in [0.2, 0.25) is 0 Å². The molecular weight excluding hydrogens is 334 g/mol. The lowest BCUT2D eigenvalue weighted by molar-refractivity contribution is 0.483. The zero-order valence-corrected chi connectivity index (χ0v) is 15.2. The van der Waals surface area contributed by atoms with E-state index >= 15 is 0 Å². The summed E-state index contributed by atoms with van der Waals surface area (Å²) in [5.74, 6) is 1.68. The van der Waals surface area contributed by atoms with Crippen molar-refractivity contribution in [3.05, 3.63) is 78.6 Å². The summed E-state index contributed by atoms with van der Waals surface area (Å²) in [5.41, 5.74) is 10.4. The van der Waals surface area contributed by atoms with E-state index in [0.29, 0.717) is 0 Å². The Morgan fingerprint density at radius 1 is 0.889 bits per heavy atom. The van der Waals surface area contributed by atoms with E-state index in [1.54, 1.807) is 0 Å². The van der Waals surface area contributed by atoms with Crippen LogP contribution in [0.1, 0.15) is 18.4 Å². The van der Waals surface area contributed by atoms with Crippen LogP contribution in [0.3, 0.4) is 0 Å². The Labute approximate surface area is 159 Å². The molecule has 2 aromatic carbocycles. The van der Waals surface area contributed by atoms with E-state index in [-0.39, 0.29) is 0 Å². The molecule has 0 bridgehead atoms. The molecule has 4 rings (SSSR count). The van der Waals surface area contributed by atoms with E-state index in [9.17, 15) is 0 Å². The van der Waals surface area contributed by atoms with Gasteiger partial charge in [-0.15, -0.1) is 0 Å². The molecule has 4 nitrogen and oxygen atoms in total. The van der Waals surface area contributed by atoms with Crippen LogP contribution in [0.25, 0.3) is 22.2 Å². The molecule has 4 aromatic rings. The van der Waals surface area contributed by atoms with Crippen molar-refractivity contribution in [3.63, 3.8) is 0 Å². The third kappa shape index (κ3) is 3.86. The number of rotatable bonds is 7. The van der Waals surface area contributed by atoms with Gasteiger partial charge in [0.1, 0.15) is 11.5 Å². The first kappa shape index (κ1) is 17.3. The lowest BCUT2D eigenvalue weighted by atomic mass is 10.0. The average molecular weight is 357 g/mol. The van der Waals surface area contributed by atoms with Crippen LogP contribution in [0.5, 0.6) is 11.5 Å². The second-order valence-corrected chi connectivity index (χ2v) is 6.58. The Morgan fingerprint density at radius 2 is 1.70 bits per heavy atom. The van der Waals surface area contributed by atoms with E-state index in [4.69, 9.17) is 10.5 Å². The first-order valence-corrected chi connectivity index (χ1v) is 9.33. The van der Waals surface area contributed by atoms with E-state index in [0.717, 1.165) is 54.1 Å². The van der Waals surface area contributed by atoms with E-state index in [1.165, 1.54) is 10.9 Å². The third-order valence-electron chi connectivity index (χ3n) is 4.71. The second-order valence-electron chi connectivity index (χ2n) is 6.58. The summed E-state index contributed by atoms with van der Waals surface area (Å²) in [6.07, 6.45) is 6.71.